The molecule has 0 saturated carbocycles. The Morgan fingerprint density at radius 3 is 2.43 bits per heavy atom. The average Bonchev–Trinajstić information content (AvgIpc) is 2.37. The van der Waals surface area contributed by atoms with E-state index < -0.39 is 37.7 Å². The van der Waals surface area contributed by atoms with Crippen molar-refractivity contribution in [1.29, 1.82) is 0 Å². The molecule has 0 atom stereocenters. The zero-order valence-electron chi connectivity index (χ0n) is 10.9. The lowest BCUT2D eigenvalue weighted by atomic mass is 10.1. The van der Waals surface area contributed by atoms with Crippen molar-refractivity contribution in [2.24, 2.45) is 0 Å². The van der Waals surface area contributed by atoms with Crippen molar-refractivity contribution in [2.75, 3.05) is 13.1 Å². The highest BCUT2D eigenvalue weighted by Gasteiger charge is 2.39. The average molecular weight is 343 g/mol. The van der Waals surface area contributed by atoms with Crippen molar-refractivity contribution < 1.29 is 21.6 Å². The molecule has 1 saturated heterocycles. The largest absolute Gasteiger partial charge is 0.417 e. The minimum atomic E-state index is -4.79. The van der Waals surface area contributed by atoms with Gasteiger partial charge < -0.3 is 5.32 Å². The number of sulfonamides is 1. The molecule has 0 bridgehead atoms. The van der Waals surface area contributed by atoms with Gasteiger partial charge in [0.1, 0.15) is 4.90 Å². The molecule has 9 heteroatoms. The summed E-state index contributed by atoms with van der Waals surface area (Å²) in [7, 11) is -4.33. The van der Waals surface area contributed by atoms with E-state index in [1.54, 1.807) is 0 Å². The van der Waals surface area contributed by atoms with Gasteiger partial charge in [0.2, 0.25) is 10.0 Å². The molecule has 1 aromatic rings. The van der Waals surface area contributed by atoms with Gasteiger partial charge in [-0.05, 0) is 38.1 Å². The van der Waals surface area contributed by atoms with Crippen molar-refractivity contribution in [1.82, 2.24) is 10.0 Å². The Labute approximate surface area is 125 Å². The standard InChI is InChI=1S/C12H14ClF3N2O2S/c13-10-3-1-2-9(12(14,15)16)11(10)21(19,20)18-8-4-6-17-7-5-8/h1-3,8,17-18H,4-7H2. The van der Waals surface area contributed by atoms with Gasteiger partial charge in [-0.15, -0.1) is 0 Å². The molecule has 0 aromatic heterocycles. The number of alkyl halides is 3. The summed E-state index contributed by atoms with van der Waals surface area (Å²) in [6, 6.07) is 2.53. The third kappa shape index (κ3) is 3.88. The maximum atomic E-state index is 13.0. The Balaban J connectivity index is 2.39. The molecule has 4 nitrogen and oxygen atoms in total. The van der Waals surface area contributed by atoms with E-state index in [-0.39, 0.29) is 0 Å². The molecule has 0 amide bonds. The van der Waals surface area contributed by atoms with E-state index in [1.807, 2.05) is 0 Å². The molecule has 1 heterocycles. The van der Waals surface area contributed by atoms with Gasteiger partial charge in [-0.25, -0.2) is 13.1 Å². The molecule has 1 aromatic carbocycles. The summed E-state index contributed by atoms with van der Waals surface area (Å²) in [5.74, 6) is 0. The van der Waals surface area contributed by atoms with Crippen molar-refractivity contribution in [3.63, 3.8) is 0 Å². The van der Waals surface area contributed by atoms with Crippen molar-refractivity contribution in [2.45, 2.75) is 30.0 Å². The van der Waals surface area contributed by atoms with Crippen LogP contribution in [0.1, 0.15) is 18.4 Å². The van der Waals surface area contributed by atoms with Gasteiger partial charge in [-0.3, -0.25) is 0 Å². The van der Waals surface area contributed by atoms with E-state index in [4.69, 9.17) is 11.6 Å². The summed E-state index contributed by atoms with van der Waals surface area (Å²) in [6.45, 7) is 1.23. The lowest BCUT2D eigenvalue weighted by molar-refractivity contribution is -0.139. The van der Waals surface area contributed by atoms with E-state index >= 15 is 0 Å². The van der Waals surface area contributed by atoms with Gasteiger partial charge in [-0.1, -0.05) is 17.7 Å². The second-order valence-corrected chi connectivity index (χ2v) is 6.82. The number of benzene rings is 1. The summed E-state index contributed by atoms with van der Waals surface area (Å²) in [5.41, 5.74) is -1.25. The molecular formula is C12H14ClF3N2O2S. The molecule has 21 heavy (non-hydrogen) atoms. The van der Waals surface area contributed by atoms with Crippen LogP contribution in [-0.4, -0.2) is 27.5 Å². The predicted octanol–water partition coefficient (Wildman–Crippen LogP) is 2.39. The number of hydrogen-bond acceptors (Lipinski definition) is 3. The smallest absolute Gasteiger partial charge is 0.317 e. The SMILES string of the molecule is O=S(=O)(NC1CCNCC1)c1c(Cl)cccc1C(F)(F)F. The highest BCUT2D eigenvalue weighted by Crippen LogP contribution is 2.37. The zero-order valence-corrected chi connectivity index (χ0v) is 12.4. The van der Waals surface area contributed by atoms with E-state index in [2.05, 4.69) is 10.0 Å². The fraction of sp³-hybridized carbons (Fsp3) is 0.500. The lowest BCUT2D eigenvalue weighted by Crippen LogP contribution is -2.43. The molecule has 2 N–H and O–H groups in total. The molecule has 1 fully saturated rings. The number of hydrogen-bond donors (Lipinski definition) is 2. The van der Waals surface area contributed by atoms with Crippen LogP contribution in [0.15, 0.2) is 23.1 Å². The number of halogens is 4. The number of rotatable bonds is 3. The molecule has 2 rings (SSSR count). The van der Waals surface area contributed by atoms with Crippen LogP contribution in [0.3, 0.4) is 0 Å². The van der Waals surface area contributed by atoms with Gasteiger partial charge >= 0.3 is 6.18 Å². The molecule has 0 aliphatic carbocycles. The first-order chi connectivity index (χ1) is 9.72. The third-order valence-electron chi connectivity index (χ3n) is 3.20. The first kappa shape index (κ1) is 16.5. The number of piperidine rings is 1. The summed E-state index contributed by atoms with van der Waals surface area (Å²) in [6.07, 6.45) is -3.75. The van der Waals surface area contributed by atoms with Gasteiger partial charge in [-0.2, -0.15) is 13.2 Å². The molecule has 1 aliphatic rings. The van der Waals surface area contributed by atoms with Crippen LogP contribution in [0.25, 0.3) is 0 Å². The number of nitrogens with one attached hydrogen (secondary N) is 2. The maximum Gasteiger partial charge on any atom is 0.417 e. The minimum Gasteiger partial charge on any atom is -0.317 e. The molecule has 1 aliphatic heterocycles. The Morgan fingerprint density at radius 1 is 1.24 bits per heavy atom. The van der Waals surface area contributed by atoms with Crippen molar-refractivity contribution in [3.8, 4) is 0 Å². The summed E-state index contributed by atoms with van der Waals surface area (Å²) in [5, 5.41) is 2.61. The van der Waals surface area contributed by atoms with E-state index in [1.165, 1.54) is 0 Å². The van der Waals surface area contributed by atoms with Gasteiger partial charge in [0.25, 0.3) is 0 Å². The summed E-state index contributed by atoms with van der Waals surface area (Å²) in [4.78, 5) is -0.905. The van der Waals surface area contributed by atoms with Crippen LogP contribution in [0.5, 0.6) is 0 Å². The van der Waals surface area contributed by atoms with E-state index in [0.29, 0.717) is 32.0 Å². The zero-order chi connectivity index (χ0) is 15.7. The Bertz CT molecular complexity index is 613. The van der Waals surface area contributed by atoms with Gasteiger partial charge in [0.05, 0.1) is 10.6 Å². The third-order valence-corrected chi connectivity index (χ3v) is 5.25. The topological polar surface area (TPSA) is 58.2 Å². The predicted molar refractivity (Wildman–Crippen MR) is 72.7 cm³/mol. The molecule has 0 radical (unpaired) electrons. The second kappa shape index (κ2) is 6.12. The Kier molecular flexibility index (Phi) is 4.82. The maximum absolute atomic E-state index is 13.0. The molecule has 0 unspecified atom stereocenters. The fourth-order valence-electron chi connectivity index (χ4n) is 2.22. The normalized spacial score (nSPS) is 17.9. The molecular weight excluding hydrogens is 329 g/mol. The lowest BCUT2D eigenvalue weighted by Gasteiger charge is -2.24. The first-order valence-electron chi connectivity index (χ1n) is 6.30. The monoisotopic (exact) mass is 342 g/mol. The van der Waals surface area contributed by atoms with Crippen molar-refractivity contribution in [3.05, 3.63) is 28.8 Å². The van der Waals surface area contributed by atoms with Gasteiger partial charge in [0, 0.05) is 6.04 Å². The van der Waals surface area contributed by atoms with Crippen LogP contribution in [-0.2, 0) is 16.2 Å². The van der Waals surface area contributed by atoms with E-state index in [0.717, 1.165) is 12.1 Å². The first-order valence-corrected chi connectivity index (χ1v) is 8.16. The molecule has 118 valence electrons. The quantitative estimate of drug-likeness (QED) is 0.886. The van der Waals surface area contributed by atoms with Crippen molar-refractivity contribution >= 4 is 21.6 Å². The van der Waals surface area contributed by atoms with Gasteiger partial charge in [0.15, 0.2) is 0 Å². The minimum absolute atomic E-state index is 0.395. The van der Waals surface area contributed by atoms with Crippen LogP contribution >= 0.6 is 11.6 Å². The highest BCUT2D eigenvalue weighted by molar-refractivity contribution is 7.89. The Hall–Kier alpha value is -0.830. The van der Waals surface area contributed by atoms with Crippen LogP contribution in [0, 0.1) is 0 Å². The molecule has 0 spiro atoms. The second-order valence-electron chi connectivity index (χ2n) is 4.76. The fourth-order valence-corrected chi connectivity index (χ4v) is 4.29. The van der Waals surface area contributed by atoms with E-state index in [9.17, 15) is 21.6 Å². The highest BCUT2D eigenvalue weighted by atomic mass is 35.5. The Morgan fingerprint density at radius 2 is 1.86 bits per heavy atom. The van der Waals surface area contributed by atoms with Crippen LogP contribution in [0.4, 0.5) is 13.2 Å². The summed E-state index contributed by atoms with van der Waals surface area (Å²) < 4.78 is 65.8. The summed E-state index contributed by atoms with van der Waals surface area (Å²) >= 11 is 5.71. The van der Waals surface area contributed by atoms with Crippen LogP contribution < -0.4 is 10.0 Å². The van der Waals surface area contributed by atoms with Crippen LogP contribution in [0.2, 0.25) is 5.02 Å².